The smallest absolute Gasteiger partial charge is 0.130 e. The van der Waals surface area contributed by atoms with Crippen molar-refractivity contribution in [1.82, 2.24) is 5.16 Å². The lowest BCUT2D eigenvalue weighted by Crippen LogP contribution is -1.97. The Bertz CT molecular complexity index is 415. The summed E-state index contributed by atoms with van der Waals surface area (Å²) in [6.45, 7) is 4.57. The molecule has 3 heteroatoms. The Hall–Kier alpha value is -1.77. The number of para-hydroxylation sites is 1. The molecule has 1 aromatic carbocycles. The molecule has 0 aliphatic heterocycles. The summed E-state index contributed by atoms with van der Waals surface area (Å²) in [7, 11) is 0. The molecular formula is C12H13NO2. The Labute approximate surface area is 88.7 Å². The van der Waals surface area contributed by atoms with Gasteiger partial charge < -0.3 is 9.26 Å². The fraction of sp³-hybridized carbons (Fsp3) is 0.250. The van der Waals surface area contributed by atoms with Crippen molar-refractivity contribution in [3.05, 3.63) is 47.3 Å². The Balaban J connectivity index is 2.11. The predicted molar refractivity (Wildman–Crippen MR) is 56.8 cm³/mol. The maximum absolute atomic E-state index is 5.71. The van der Waals surface area contributed by atoms with Crippen LogP contribution in [0.3, 0.4) is 0 Å². The largest absolute Gasteiger partial charge is 0.488 e. The van der Waals surface area contributed by atoms with Crippen molar-refractivity contribution in [3.8, 4) is 5.75 Å². The van der Waals surface area contributed by atoms with Crippen molar-refractivity contribution < 1.29 is 9.26 Å². The third-order valence-corrected chi connectivity index (χ3v) is 2.28. The highest BCUT2D eigenvalue weighted by atomic mass is 16.5. The summed E-state index contributed by atoms with van der Waals surface area (Å²) < 4.78 is 10.4. The van der Waals surface area contributed by atoms with Gasteiger partial charge in [0.15, 0.2) is 0 Å². The third kappa shape index (κ3) is 2.18. The monoisotopic (exact) mass is 203 g/mol. The summed E-state index contributed by atoms with van der Waals surface area (Å²) in [6.07, 6.45) is 3.25. The molecule has 0 spiro atoms. The van der Waals surface area contributed by atoms with Crippen molar-refractivity contribution >= 4 is 0 Å². The molecule has 2 aromatic rings. The van der Waals surface area contributed by atoms with Gasteiger partial charge in [-0.2, -0.15) is 0 Å². The summed E-state index contributed by atoms with van der Waals surface area (Å²) in [6, 6.07) is 6.10. The van der Waals surface area contributed by atoms with E-state index in [-0.39, 0.29) is 0 Å². The van der Waals surface area contributed by atoms with Gasteiger partial charge in [-0.05, 0) is 25.0 Å². The minimum atomic E-state index is 0.495. The highest BCUT2D eigenvalue weighted by molar-refractivity contribution is 5.39. The summed E-state index contributed by atoms with van der Waals surface area (Å²) >= 11 is 0. The molecule has 2 rings (SSSR count). The first-order chi connectivity index (χ1) is 7.27. The number of rotatable bonds is 3. The van der Waals surface area contributed by atoms with Gasteiger partial charge in [-0.25, -0.2) is 0 Å². The molecule has 15 heavy (non-hydrogen) atoms. The second-order valence-corrected chi connectivity index (χ2v) is 3.54. The number of aromatic nitrogens is 1. The predicted octanol–water partition coefficient (Wildman–Crippen LogP) is 2.87. The summed E-state index contributed by atoms with van der Waals surface area (Å²) in [4.78, 5) is 0. The van der Waals surface area contributed by atoms with E-state index in [1.54, 1.807) is 12.5 Å². The molecule has 0 unspecified atom stereocenters. The van der Waals surface area contributed by atoms with Gasteiger partial charge in [0.1, 0.15) is 18.6 Å². The van der Waals surface area contributed by atoms with Gasteiger partial charge in [0.2, 0.25) is 0 Å². The first kappa shape index (κ1) is 9.77. The highest BCUT2D eigenvalue weighted by Crippen LogP contribution is 2.23. The number of benzene rings is 1. The summed E-state index contributed by atoms with van der Waals surface area (Å²) in [5.41, 5.74) is 3.23. The standard InChI is InChI=1S/C12H13NO2/c1-9-4-3-5-10(2)12(9)14-7-11-6-13-15-8-11/h3-6,8H,7H2,1-2H3. The summed E-state index contributed by atoms with van der Waals surface area (Å²) in [5.74, 6) is 0.943. The van der Waals surface area contributed by atoms with E-state index < -0.39 is 0 Å². The number of hydrogen-bond donors (Lipinski definition) is 0. The van der Waals surface area contributed by atoms with Crippen LogP contribution in [-0.4, -0.2) is 5.16 Å². The minimum Gasteiger partial charge on any atom is -0.488 e. The maximum Gasteiger partial charge on any atom is 0.130 e. The molecule has 0 atom stereocenters. The Morgan fingerprint density at radius 2 is 2.00 bits per heavy atom. The van der Waals surface area contributed by atoms with Crippen LogP contribution in [0, 0.1) is 13.8 Å². The van der Waals surface area contributed by atoms with Crippen molar-refractivity contribution in [3.63, 3.8) is 0 Å². The van der Waals surface area contributed by atoms with E-state index in [0.717, 1.165) is 22.4 Å². The quantitative estimate of drug-likeness (QED) is 0.769. The molecular weight excluding hydrogens is 190 g/mol. The number of aryl methyl sites for hydroxylation is 2. The van der Waals surface area contributed by atoms with E-state index in [0.29, 0.717) is 6.61 Å². The van der Waals surface area contributed by atoms with Crippen LogP contribution in [0.2, 0.25) is 0 Å². The number of ether oxygens (including phenoxy) is 1. The Kier molecular flexibility index (Phi) is 2.72. The van der Waals surface area contributed by atoms with Crippen LogP contribution in [0.4, 0.5) is 0 Å². The molecule has 0 bridgehead atoms. The number of hydrogen-bond acceptors (Lipinski definition) is 3. The van der Waals surface area contributed by atoms with Gasteiger partial charge in [0, 0.05) is 5.56 Å². The molecule has 0 saturated carbocycles. The normalized spacial score (nSPS) is 10.3. The highest BCUT2D eigenvalue weighted by Gasteiger charge is 2.04. The summed E-state index contributed by atoms with van der Waals surface area (Å²) in [5, 5.41) is 3.62. The lowest BCUT2D eigenvalue weighted by molar-refractivity contribution is 0.300. The van der Waals surface area contributed by atoms with Crippen molar-refractivity contribution in [2.75, 3.05) is 0 Å². The molecule has 1 aromatic heterocycles. The molecule has 1 heterocycles. The van der Waals surface area contributed by atoms with Crippen LogP contribution in [0.15, 0.2) is 35.2 Å². The fourth-order valence-electron chi connectivity index (χ4n) is 1.48. The second kappa shape index (κ2) is 4.17. The molecule has 0 radical (unpaired) electrons. The average molecular weight is 203 g/mol. The fourth-order valence-corrected chi connectivity index (χ4v) is 1.48. The molecule has 0 aliphatic carbocycles. The maximum atomic E-state index is 5.71. The zero-order valence-corrected chi connectivity index (χ0v) is 8.86. The van der Waals surface area contributed by atoms with Gasteiger partial charge in [-0.1, -0.05) is 23.4 Å². The first-order valence-electron chi connectivity index (χ1n) is 4.84. The first-order valence-corrected chi connectivity index (χ1v) is 4.84. The minimum absolute atomic E-state index is 0.495. The zero-order chi connectivity index (χ0) is 10.7. The van der Waals surface area contributed by atoms with Gasteiger partial charge in [0.05, 0.1) is 6.20 Å². The van der Waals surface area contributed by atoms with Crippen LogP contribution in [0.25, 0.3) is 0 Å². The molecule has 0 amide bonds. The van der Waals surface area contributed by atoms with E-state index in [1.165, 1.54) is 0 Å². The van der Waals surface area contributed by atoms with Crippen LogP contribution in [-0.2, 0) is 6.61 Å². The third-order valence-electron chi connectivity index (χ3n) is 2.28. The topological polar surface area (TPSA) is 35.3 Å². The van der Waals surface area contributed by atoms with E-state index in [1.807, 2.05) is 32.0 Å². The molecule has 0 saturated heterocycles. The van der Waals surface area contributed by atoms with Crippen molar-refractivity contribution in [2.24, 2.45) is 0 Å². The Morgan fingerprint density at radius 3 is 2.60 bits per heavy atom. The molecule has 3 nitrogen and oxygen atoms in total. The van der Waals surface area contributed by atoms with Crippen LogP contribution >= 0.6 is 0 Å². The van der Waals surface area contributed by atoms with Crippen molar-refractivity contribution in [1.29, 1.82) is 0 Å². The van der Waals surface area contributed by atoms with E-state index in [9.17, 15) is 0 Å². The van der Waals surface area contributed by atoms with E-state index in [4.69, 9.17) is 9.26 Å². The van der Waals surface area contributed by atoms with Crippen molar-refractivity contribution in [2.45, 2.75) is 20.5 Å². The molecule has 0 aliphatic rings. The molecule has 0 fully saturated rings. The average Bonchev–Trinajstić information content (AvgIpc) is 2.70. The lowest BCUT2D eigenvalue weighted by atomic mass is 10.1. The zero-order valence-electron chi connectivity index (χ0n) is 8.86. The lowest BCUT2D eigenvalue weighted by Gasteiger charge is -2.10. The van der Waals surface area contributed by atoms with Gasteiger partial charge in [-0.3, -0.25) is 0 Å². The van der Waals surface area contributed by atoms with Gasteiger partial charge in [-0.15, -0.1) is 0 Å². The molecule has 0 N–H and O–H groups in total. The Morgan fingerprint density at radius 1 is 1.27 bits per heavy atom. The van der Waals surface area contributed by atoms with E-state index >= 15 is 0 Å². The molecule has 78 valence electrons. The van der Waals surface area contributed by atoms with E-state index in [2.05, 4.69) is 5.16 Å². The SMILES string of the molecule is Cc1cccc(C)c1OCc1cnoc1. The van der Waals surface area contributed by atoms with Gasteiger partial charge >= 0.3 is 0 Å². The van der Waals surface area contributed by atoms with Crippen LogP contribution in [0.5, 0.6) is 5.75 Å². The van der Waals surface area contributed by atoms with Crippen LogP contribution in [0.1, 0.15) is 16.7 Å². The van der Waals surface area contributed by atoms with Crippen LogP contribution < -0.4 is 4.74 Å². The number of nitrogens with zero attached hydrogens (tertiary/aromatic N) is 1. The second-order valence-electron chi connectivity index (χ2n) is 3.54. The van der Waals surface area contributed by atoms with Gasteiger partial charge in [0.25, 0.3) is 0 Å².